The zero-order valence-corrected chi connectivity index (χ0v) is 17.2. The second kappa shape index (κ2) is 7.77. The number of halogens is 2. The summed E-state index contributed by atoms with van der Waals surface area (Å²) in [4.78, 5) is 0. The number of benzene rings is 3. The summed E-state index contributed by atoms with van der Waals surface area (Å²) in [7, 11) is 0. The van der Waals surface area contributed by atoms with Crippen molar-refractivity contribution >= 4 is 11.6 Å². The Morgan fingerprint density at radius 2 is 1.48 bits per heavy atom. The number of aromatic nitrogens is 6. The molecule has 0 aliphatic heterocycles. The Balaban J connectivity index is 1.75. The maximum atomic E-state index is 13.5. The summed E-state index contributed by atoms with van der Waals surface area (Å²) in [5, 5.41) is 17.5. The van der Waals surface area contributed by atoms with Gasteiger partial charge in [0.2, 0.25) is 0 Å². The lowest BCUT2D eigenvalue weighted by Gasteiger charge is -2.12. The van der Waals surface area contributed by atoms with Crippen molar-refractivity contribution in [1.82, 2.24) is 30.0 Å². The Bertz CT molecular complexity index is 1360. The first kappa shape index (κ1) is 19.1. The van der Waals surface area contributed by atoms with Crippen molar-refractivity contribution in [3.8, 4) is 34.0 Å². The predicted molar refractivity (Wildman–Crippen MR) is 117 cm³/mol. The molecule has 3 aromatic carbocycles. The minimum Gasteiger partial charge on any atom is -0.232 e. The van der Waals surface area contributed by atoms with Crippen LogP contribution in [-0.2, 0) is 0 Å². The molecule has 2 aromatic heterocycles. The van der Waals surface area contributed by atoms with Crippen LogP contribution in [0.5, 0.6) is 0 Å². The van der Waals surface area contributed by atoms with Gasteiger partial charge in [-0.25, -0.2) is 9.07 Å². The summed E-state index contributed by atoms with van der Waals surface area (Å²) in [5.74, 6) is 0.200. The molecule has 0 radical (unpaired) electrons. The zero-order valence-electron chi connectivity index (χ0n) is 16.4. The van der Waals surface area contributed by atoms with Crippen LogP contribution in [0.2, 0.25) is 5.02 Å². The van der Waals surface area contributed by atoms with E-state index in [1.165, 1.54) is 12.1 Å². The van der Waals surface area contributed by atoms with E-state index in [0.717, 1.165) is 16.8 Å². The van der Waals surface area contributed by atoms with Crippen molar-refractivity contribution in [2.75, 3.05) is 0 Å². The Hall–Kier alpha value is -3.84. The maximum Gasteiger partial charge on any atom is 0.190 e. The van der Waals surface area contributed by atoms with Crippen LogP contribution in [0.15, 0.2) is 79.0 Å². The average Bonchev–Trinajstić information content (AvgIpc) is 3.42. The highest BCUT2D eigenvalue weighted by molar-refractivity contribution is 6.33. The average molecular weight is 431 g/mol. The quantitative estimate of drug-likeness (QED) is 0.389. The van der Waals surface area contributed by atoms with Crippen LogP contribution in [0.1, 0.15) is 5.56 Å². The lowest BCUT2D eigenvalue weighted by molar-refractivity contribution is 0.627. The molecule has 6 nitrogen and oxygen atoms in total. The summed E-state index contributed by atoms with van der Waals surface area (Å²) in [6.07, 6.45) is 1.69. The Morgan fingerprint density at radius 1 is 0.806 bits per heavy atom. The van der Waals surface area contributed by atoms with E-state index in [0.29, 0.717) is 27.8 Å². The first-order valence-corrected chi connectivity index (χ1v) is 9.94. The van der Waals surface area contributed by atoms with Crippen molar-refractivity contribution in [3.05, 3.63) is 95.4 Å². The van der Waals surface area contributed by atoms with Gasteiger partial charge in [0.25, 0.3) is 0 Å². The molecule has 0 N–H and O–H groups in total. The van der Waals surface area contributed by atoms with Gasteiger partial charge in [0.15, 0.2) is 5.82 Å². The molecule has 5 aromatic rings. The third-order valence-electron chi connectivity index (χ3n) is 4.96. The molecule has 0 aliphatic carbocycles. The maximum absolute atomic E-state index is 13.5. The van der Waals surface area contributed by atoms with Crippen LogP contribution in [-0.4, -0.2) is 30.0 Å². The van der Waals surface area contributed by atoms with Crippen molar-refractivity contribution in [2.45, 2.75) is 6.92 Å². The van der Waals surface area contributed by atoms with E-state index in [1.807, 2.05) is 55.5 Å². The normalized spacial score (nSPS) is 11.1. The van der Waals surface area contributed by atoms with Crippen molar-refractivity contribution in [2.24, 2.45) is 0 Å². The van der Waals surface area contributed by atoms with E-state index in [9.17, 15) is 4.39 Å². The van der Waals surface area contributed by atoms with Gasteiger partial charge in [-0.3, -0.25) is 0 Å². The Morgan fingerprint density at radius 3 is 2.23 bits per heavy atom. The molecule has 0 amide bonds. The van der Waals surface area contributed by atoms with Gasteiger partial charge in [0.1, 0.15) is 5.82 Å². The number of aryl methyl sites for hydroxylation is 1. The lowest BCUT2D eigenvalue weighted by Crippen LogP contribution is -2.03. The van der Waals surface area contributed by atoms with Crippen molar-refractivity contribution < 1.29 is 4.39 Å². The number of hydrogen-bond acceptors (Lipinski definition) is 4. The number of nitrogens with zero attached hydrogens (tertiary/aromatic N) is 6. The molecule has 31 heavy (non-hydrogen) atoms. The highest BCUT2D eigenvalue weighted by atomic mass is 35.5. The molecule has 5 rings (SSSR count). The standard InChI is InChI=1S/C23H16ClFN6/c1-15-6-10-18(11-7-15)31-23(27-28-29-31)20-14-26-30(17-12-8-16(25)9-13-17)22(20)19-4-2-3-5-21(19)24/h2-14H,1H3. The molecule has 0 fully saturated rings. The highest BCUT2D eigenvalue weighted by Crippen LogP contribution is 2.37. The van der Waals surface area contributed by atoms with E-state index >= 15 is 0 Å². The van der Waals surface area contributed by atoms with E-state index in [4.69, 9.17) is 11.6 Å². The van der Waals surface area contributed by atoms with Crippen molar-refractivity contribution in [1.29, 1.82) is 0 Å². The molecule has 0 saturated heterocycles. The van der Waals surface area contributed by atoms with Gasteiger partial charge in [0.05, 0.1) is 28.8 Å². The van der Waals surface area contributed by atoms with Crippen LogP contribution in [0.3, 0.4) is 0 Å². The molecule has 0 atom stereocenters. The fourth-order valence-corrected chi connectivity index (χ4v) is 3.64. The summed E-state index contributed by atoms with van der Waals surface area (Å²) in [5.41, 5.74) is 4.82. The van der Waals surface area contributed by atoms with Crippen LogP contribution in [0, 0.1) is 12.7 Å². The van der Waals surface area contributed by atoms with Crippen LogP contribution >= 0.6 is 11.6 Å². The molecular formula is C23H16ClFN6. The predicted octanol–water partition coefficient (Wildman–Crippen LogP) is 5.28. The van der Waals surface area contributed by atoms with Gasteiger partial charge >= 0.3 is 0 Å². The summed E-state index contributed by atoms with van der Waals surface area (Å²) < 4.78 is 16.9. The molecule has 152 valence electrons. The van der Waals surface area contributed by atoms with Gasteiger partial charge < -0.3 is 0 Å². The van der Waals surface area contributed by atoms with Gasteiger partial charge in [-0.1, -0.05) is 47.5 Å². The second-order valence-corrected chi connectivity index (χ2v) is 7.43. The third kappa shape index (κ3) is 3.49. The minimum atomic E-state index is -0.321. The second-order valence-electron chi connectivity index (χ2n) is 7.02. The largest absolute Gasteiger partial charge is 0.232 e. The molecule has 8 heteroatoms. The van der Waals surface area contributed by atoms with E-state index < -0.39 is 0 Å². The van der Waals surface area contributed by atoms with Gasteiger partial charge in [-0.05, 0) is 59.8 Å². The SMILES string of the molecule is Cc1ccc(-n2nnnc2-c2cnn(-c3ccc(F)cc3)c2-c2ccccc2Cl)cc1. The minimum absolute atomic E-state index is 0.321. The summed E-state index contributed by atoms with van der Waals surface area (Å²) >= 11 is 6.55. The fourth-order valence-electron chi connectivity index (χ4n) is 3.42. The van der Waals surface area contributed by atoms with Crippen LogP contribution in [0.4, 0.5) is 4.39 Å². The van der Waals surface area contributed by atoms with Gasteiger partial charge in [-0.2, -0.15) is 9.78 Å². The smallest absolute Gasteiger partial charge is 0.190 e. The molecule has 0 saturated carbocycles. The number of hydrogen-bond donors (Lipinski definition) is 0. The zero-order chi connectivity index (χ0) is 21.4. The topological polar surface area (TPSA) is 61.4 Å². The third-order valence-corrected chi connectivity index (χ3v) is 5.29. The molecule has 0 aliphatic rings. The number of tetrazole rings is 1. The Labute approximate surface area is 182 Å². The summed E-state index contributed by atoms with van der Waals surface area (Å²) in [6.45, 7) is 2.02. The Kier molecular flexibility index (Phi) is 4.80. The van der Waals surface area contributed by atoms with Crippen LogP contribution < -0.4 is 0 Å². The fraction of sp³-hybridized carbons (Fsp3) is 0.0435. The number of rotatable bonds is 4. The van der Waals surface area contributed by atoms with Crippen molar-refractivity contribution in [3.63, 3.8) is 0 Å². The summed E-state index contributed by atoms with van der Waals surface area (Å²) in [6, 6.07) is 21.5. The van der Waals surface area contributed by atoms with Gasteiger partial charge in [-0.15, -0.1) is 5.10 Å². The molecule has 0 unspecified atom stereocenters. The molecule has 2 heterocycles. The molecule has 0 bridgehead atoms. The molecule has 0 spiro atoms. The van der Waals surface area contributed by atoms with E-state index in [-0.39, 0.29) is 5.82 Å². The first-order chi connectivity index (χ1) is 15.1. The van der Waals surface area contributed by atoms with Gasteiger partial charge in [0, 0.05) is 10.6 Å². The highest BCUT2D eigenvalue weighted by Gasteiger charge is 2.23. The monoisotopic (exact) mass is 430 g/mol. The lowest BCUT2D eigenvalue weighted by atomic mass is 10.1. The van der Waals surface area contributed by atoms with E-state index in [1.54, 1.807) is 27.7 Å². The first-order valence-electron chi connectivity index (χ1n) is 9.56. The van der Waals surface area contributed by atoms with E-state index in [2.05, 4.69) is 20.6 Å². The van der Waals surface area contributed by atoms with Crippen LogP contribution in [0.25, 0.3) is 34.0 Å². The molecular weight excluding hydrogens is 415 g/mol.